The van der Waals surface area contributed by atoms with Gasteiger partial charge < -0.3 is 10.2 Å². The normalized spacial score (nSPS) is 16.6. The van der Waals surface area contributed by atoms with Gasteiger partial charge in [-0.05, 0) is 35.4 Å². The summed E-state index contributed by atoms with van der Waals surface area (Å²) < 4.78 is 0. The van der Waals surface area contributed by atoms with Gasteiger partial charge in [-0.15, -0.1) is 0 Å². The Balaban J connectivity index is 1.58. The number of nitrogens with zero attached hydrogens (tertiary/aromatic N) is 1. The highest BCUT2D eigenvalue weighted by Crippen LogP contribution is 2.33. The molecule has 3 aromatic rings. The third-order valence-corrected chi connectivity index (χ3v) is 5.73. The number of benzene rings is 3. The van der Waals surface area contributed by atoms with Crippen LogP contribution in [-0.4, -0.2) is 18.4 Å². The third kappa shape index (κ3) is 3.63. The topological polar surface area (TPSA) is 49.4 Å². The molecule has 0 aromatic heterocycles. The molecule has 1 aliphatic rings. The van der Waals surface area contributed by atoms with Crippen LogP contribution in [-0.2, 0) is 9.59 Å². The van der Waals surface area contributed by atoms with E-state index >= 15 is 0 Å². The van der Waals surface area contributed by atoms with Crippen LogP contribution < -0.4 is 10.2 Å². The highest BCUT2D eigenvalue weighted by atomic mass is 16.2. The van der Waals surface area contributed by atoms with Gasteiger partial charge in [0.25, 0.3) is 0 Å². The van der Waals surface area contributed by atoms with E-state index in [0.29, 0.717) is 12.5 Å². The Morgan fingerprint density at radius 2 is 1.76 bits per heavy atom. The standard InChI is InChI=1S/C25H26N2O2/c1-16(2)20-12-6-8-17(3)24(20)26-25(29)19-14-23(28)27(15-19)22-13-7-10-18-9-4-5-11-21(18)22/h4-13,16,19H,14-15H2,1-3H3,(H,26,29). The predicted molar refractivity (Wildman–Crippen MR) is 118 cm³/mol. The number of carbonyl (C=O) groups excluding carboxylic acids is 2. The summed E-state index contributed by atoms with van der Waals surface area (Å²) in [5, 5.41) is 5.24. The zero-order valence-corrected chi connectivity index (χ0v) is 17.1. The van der Waals surface area contributed by atoms with Gasteiger partial charge in [0.05, 0.1) is 11.6 Å². The van der Waals surface area contributed by atoms with Crippen LogP contribution >= 0.6 is 0 Å². The fourth-order valence-corrected chi connectivity index (χ4v) is 4.13. The lowest BCUT2D eigenvalue weighted by Gasteiger charge is -2.20. The van der Waals surface area contributed by atoms with Crippen molar-refractivity contribution in [2.45, 2.75) is 33.1 Å². The summed E-state index contributed by atoms with van der Waals surface area (Å²) in [7, 11) is 0. The van der Waals surface area contributed by atoms with E-state index in [4.69, 9.17) is 0 Å². The molecule has 3 aromatic carbocycles. The summed E-state index contributed by atoms with van der Waals surface area (Å²) in [5.41, 5.74) is 3.92. The minimum absolute atomic E-state index is 0.00429. The Kier molecular flexibility index (Phi) is 5.10. The van der Waals surface area contributed by atoms with Gasteiger partial charge in [-0.1, -0.05) is 68.4 Å². The van der Waals surface area contributed by atoms with Crippen molar-refractivity contribution in [1.82, 2.24) is 0 Å². The Morgan fingerprint density at radius 3 is 2.55 bits per heavy atom. The molecule has 1 aliphatic heterocycles. The molecular formula is C25H26N2O2. The van der Waals surface area contributed by atoms with Gasteiger partial charge in [-0.2, -0.15) is 0 Å². The average Bonchev–Trinajstić information content (AvgIpc) is 3.10. The number of para-hydroxylation sites is 1. The molecular weight excluding hydrogens is 360 g/mol. The van der Waals surface area contributed by atoms with Crippen LogP contribution in [0.1, 0.15) is 37.3 Å². The second-order valence-electron chi connectivity index (χ2n) is 8.09. The largest absolute Gasteiger partial charge is 0.325 e. The maximum Gasteiger partial charge on any atom is 0.229 e. The van der Waals surface area contributed by atoms with Crippen molar-refractivity contribution >= 4 is 34.0 Å². The van der Waals surface area contributed by atoms with Crippen molar-refractivity contribution < 1.29 is 9.59 Å². The van der Waals surface area contributed by atoms with E-state index in [0.717, 1.165) is 33.3 Å². The van der Waals surface area contributed by atoms with Gasteiger partial charge in [0.2, 0.25) is 11.8 Å². The van der Waals surface area contributed by atoms with E-state index in [9.17, 15) is 9.59 Å². The number of nitrogens with one attached hydrogen (secondary N) is 1. The lowest BCUT2D eigenvalue weighted by molar-refractivity contribution is -0.122. The summed E-state index contributed by atoms with van der Waals surface area (Å²) in [6.45, 7) is 6.64. The van der Waals surface area contributed by atoms with Gasteiger partial charge in [0.15, 0.2) is 0 Å². The fourth-order valence-electron chi connectivity index (χ4n) is 4.13. The first-order valence-corrected chi connectivity index (χ1v) is 10.1. The molecule has 0 saturated carbocycles. The summed E-state index contributed by atoms with van der Waals surface area (Å²) in [6, 6.07) is 20.0. The summed E-state index contributed by atoms with van der Waals surface area (Å²) in [4.78, 5) is 27.6. The summed E-state index contributed by atoms with van der Waals surface area (Å²) >= 11 is 0. The molecule has 1 heterocycles. The van der Waals surface area contributed by atoms with Crippen molar-refractivity contribution in [3.63, 3.8) is 0 Å². The maximum atomic E-state index is 13.0. The van der Waals surface area contributed by atoms with Crippen LogP contribution in [0.25, 0.3) is 10.8 Å². The second-order valence-corrected chi connectivity index (χ2v) is 8.09. The monoisotopic (exact) mass is 386 g/mol. The molecule has 1 fully saturated rings. The molecule has 0 radical (unpaired) electrons. The van der Waals surface area contributed by atoms with E-state index < -0.39 is 0 Å². The molecule has 4 nitrogen and oxygen atoms in total. The first-order valence-electron chi connectivity index (χ1n) is 10.1. The predicted octanol–water partition coefficient (Wildman–Crippen LogP) is 5.26. The minimum atomic E-state index is -0.360. The average molecular weight is 386 g/mol. The van der Waals surface area contributed by atoms with Crippen molar-refractivity contribution in [2.24, 2.45) is 5.92 Å². The van der Waals surface area contributed by atoms with E-state index in [1.54, 1.807) is 4.90 Å². The Bertz CT molecular complexity index is 1080. The van der Waals surface area contributed by atoms with E-state index in [1.807, 2.05) is 61.5 Å². The summed E-state index contributed by atoms with van der Waals surface area (Å²) in [5.74, 6) is -0.142. The molecule has 1 N–H and O–H groups in total. The SMILES string of the molecule is Cc1cccc(C(C)C)c1NC(=O)C1CC(=O)N(c2cccc3ccccc23)C1. The second kappa shape index (κ2) is 7.70. The van der Waals surface area contributed by atoms with Crippen LogP contribution in [0.15, 0.2) is 60.7 Å². The molecule has 1 saturated heterocycles. The molecule has 1 unspecified atom stereocenters. The van der Waals surface area contributed by atoms with Crippen molar-refractivity contribution in [1.29, 1.82) is 0 Å². The number of carbonyl (C=O) groups is 2. The number of amides is 2. The van der Waals surface area contributed by atoms with Gasteiger partial charge in [0.1, 0.15) is 0 Å². The van der Waals surface area contributed by atoms with E-state index in [-0.39, 0.29) is 24.2 Å². The summed E-state index contributed by atoms with van der Waals surface area (Å²) in [6.07, 6.45) is 0.234. The molecule has 148 valence electrons. The first kappa shape index (κ1) is 19.2. The molecule has 1 atom stereocenters. The smallest absolute Gasteiger partial charge is 0.229 e. The van der Waals surface area contributed by atoms with E-state index in [1.165, 1.54) is 0 Å². The molecule has 0 spiro atoms. The van der Waals surface area contributed by atoms with Crippen molar-refractivity contribution in [2.75, 3.05) is 16.8 Å². The number of hydrogen-bond acceptors (Lipinski definition) is 2. The Labute approximate surface area is 171 Å². The highest BCUT2D eigenvalue weighted by Gasteiger charge is 2.36. The van der Waals surface area contributed by atoms with Crippen LogP contribution in [0.5, 0.6) is 0 Å². The molecule has 4 heteroatoms. The van der Waals surface area contributed by atoms with Gasteiger partial charge >= 0.3 is 0 Å². The highest BCUT2D eigenvalue weighted by molar-refractivity contribution is 6.08. The van der Waals surface area contributed by atoms with Crippen LogP contribution in [0.3, 0.4) is 0 Å². The number of rotatable bonds is 4. The van der Waals surface area contributed by atoms with Crippen LogP contribution in [0, 0.1) is 12.8 Å². The quantitative estimate of drug-likeness (QED) is 0.665. The number of anilines is 2. The lowest BCUT2D eigenvalue weighted by Crippen LogP contribution is -2.28. The van der Waals surface area contributed by atoms with Gasteiger partial charge in [0, 0.05) is 24.0 Å². The number of hydrogen-bond donors (Lipinski definition) is 1. The minimum Gasteiger partial charge on any atom is -0.325 e. The molecule has 4 rings (SSSR count). The van der Waals surface area contributed by atoms with Crippen LogP contribution in [0.2, 0.25) is 0 Å². The van der Waals surface area contributed by atoms with E-state index in [2.05, 4.69) is 25.2 Å². The Morgan fingerprint density at radius 1 is 1.03 bits per heavy atom. The number of aryl methyl sites for hydroxylation is 1. The molecule has 29 heavy (non-hydrogen) atoms. The fraction of sp³-hybridized carbons (Fsp3) is 0.280. The first-order chi connectivity index (χ1) is 14.0. The zero-order chi connectivity index (χ0) is 20.5. The number of fused-ring (bicyclic) bond motifs is 1. The molecule has 0 aliphatic carbocycles. The molecule has 2 amide bonds. The van der Waals surface area contributed by atoms with Gasteiger partial charge in [-0.3, -0.25) is 9.59 Å². The van der Waals surface area contributed by atoms with Crippen LogP contribution in [0.4, 0.5) is 11.4 Å². The Hall–Kier alpha value is -3.14. The third-order valence-electron chi connectivity index (χ3n) is 5.73. The van der Waals surface area contributed by atoms with Crippen molar-refractivity contribution in [3.8, 4) is 0 Å². The van der Waals surface area contributed by atoms with Crippen molar-refractivity contribution in [3.05, 3.63) is 71.8 Å². The lowest BCUT2D eigenvalue weighted by atomic mass is 9.97. The zero-order valence-electron chi connectivity index (χ0n) is 17.1. The van der Waals surface area contributed by atoms with Gasteiger partial charge in [-0.25, -0.2) is 0 Å². The molecule has 0 bridgehead atoms. The maximum absolute atomic E-state index is 13.0.